The van der Waals surface area contributed by atoms with Crippen molar-refractivity contribution in [2.24, 2.45) is 0 Å². The van der Waals surface area contributed by atoms with Crippen molar-refractivity contribution in [2.45, 2.75) is 26.3 Å². The molecule has 7 nitrogen and oxygen atoms in total. The Bertz CT molecular complexity index is 1170. The minimum atomic E-state index is -0.663. The first-order valence-corrected chi connectivity index (χ1v) is 10.4. The number of hydrogen-bond donors (Lipinski definition) is 1. The summed E-state index contributed by atoms with van der Waals surface area (Å²) in [6, 6.07) is 17.6. The van der Waals surface area contributed by atoms with Crippen molar-refractivity contribution < 1.29 is 19.1 Å². The van der Waals surface area contributed by atoms with Crippen LogP contribution in [0.4, 0.5) is 4.79 Å². The smallest absolute Gasteiger partial charge is 0.325 e. The van der Waals surface area contributed by atoms with Crippen molar-refractivity contribution in [3.05, 3.63) is 83.2 Å². The van der Waals surface area contributed by atoms with E-state index in [1.165, 1.54) is 0 Å². The van der Waals surface area contributed by atoms with E-state index in [9.17, 15) is 14.4 Å². The van der Waals surface area contributed by atoms with E-state index >= 15 is 0 Å². The first kappa shape index (κ1) is 21.4. The molecule has 1 fully saturated rings. The number of methoxy groups -OCH3 is 1. The molecule has 0 saturated carbocycles. The summed E-state index contributed by atoms with van der Waals surface area (Å²) in [6.07, 6.45) is 0.391. The lowest BCUT2D eigenvalue weighted by molar-refractivity contribution is -0.127. The summed E-state index contributed by atoms with van der Waals surface area (Å²) in [5.41, 5.74) is 3.98. The number of ether oxygens (including phenoxy) is 1. The summed E-state index contributed by atoms with van der Waals surface area (Å²) in [4.78, 5) is 39.3. The molecule has 3 amide bonds. The molecule has 164 valence electrons. The van der Waals surface area contributed by atoms with Crippen molar-refractivity contribution in [1.82, 2.24) is 14.8 Å². The highest BCUT2D eigenvalue weighted by atomic mass is 16.5. The Hall–Kier alpha value is -3.87. The normalized spacial score (nSPS) is 15.7. The fraction of sp³-hybridized carbons (Fsp3) is 0.240. The average molecular weight is 431 g/mol. The predicted molar refractivity (Wildman–Crippen MR) is 120 cm³/mol. The molecule has 2 heterocycles. The minimum Gasteiger partial charge on any atom is -0.497 e. The predicted octanol–water partition coefficient (Wildman–Crippen LogP) is 3.45. The molecule has 1 aliphatic heterocycles. The molecule has 0 spiro atoms. The maximum absolute atomic E-state index is 13.1. The molecule has 2 aromatic carbocycles. The van der Waals surface area contributed by atoms with Crippen LogP contribution in [0.3, 0.4) is 0 Å². The van der Waals surface area contributed by atoms with E-state index in [0.29, 0.717) is 12.0 Å². The number of aromatic nitrogens is 1. The fourth-order valence-electron chi connectivity index (χ4n) is 4.12. The molecule has 1 aromatic heterocycles. The molecular weight excluding hydrogens is 406 g/mol. The number of aryl methyl sites for hydroxylation is 1. The zero-order valence-corrected chi connectivity index (χ0v) is 18.3. The third kappa shape index (κ3) is 4.01. The van der Waals surface area contributed by atoms with Crippen LogP contribution < -0.4 is 10.1 Å². The number of nitrogens with one attached hydrogen (secondary N) is 1. The topological polar surface area (TPSA) is 80.6 Å². The van der Waals surface area contributed by atoms with Gasteiger partial charge in [0, 0.05) is 29.1 Å². The molecule has 1 atom stereocenters. The molecule has 0 aliphatic carbocycles. The summed E-state index contributed by atoms with van der Waals surface area (Å²) < 4.78 is 7.18. The first-order valence-electron chi connectivity index (χ1n) is 10.4. The SMILES string of the molecule is COc1ccc(-n2c(C)cc(C(=O)CN3C(=O)N[C@@H](Cc4ccccc4)C3=O)c2C)cc1. The van der Waals surface area contributed by atoms with Crippen molar-refractivity contribution in [2.75, 3.05) is 13.7 Å². The number of carbonyl (C=O) groups is 3. The van der Waals surface area contributed by atoms with Crippen LogP contribution >= 0.6 is 0 Å². The Labute approximate surface area is 186 Å². The van der Waals surface area contributed by atoms with Gasteiger partial charge in [-0.05, 0) is 49.7 Å². The maximum Gasteiger partial charge on any atom is 0.325 e. The number of hydrogen-bond acceptors (Lipinski definition) is 4. The monoisotopic (exact) mass is 431 g/mol. The zero-order chi connectivity index (χ0) is 22.8. The van der Waals surface area contributed by atoms with E-state index in [1.807, 2.05) is 73.0 Å². The number of nitrogens with zero attached hydrogens (tertiary/aromatic N) is 2. The molecule has 0 bridgehead atoms. The molecular formula is C25H25N3O4. The van der Waals surface area contributed by atoms with Gasteiger partial charge in [0.1, 0.15) is 11.8 Å². The second-order valence-corrected chi connectivity index (χ2v) is 7.86. The van der Waals surface area contributed by atoms with Gasteiger partial charge in [0.05, 0.1) is 13.7 Å². The van der Waals surface area contributed by atoms with E-state index in [4.69, 9.17) is 4.74 Å². The van der Waals surface area contributed by atoms with Gasteiger partial charge in [0.2, 0.25) is 0 Å². The summed E-state index contributed by atoms with van der Waals surface area (Å²) in [5.74, 6) is 0.0917. The molecule has 7 heteroatoms. The van der Waals surface area contributed by atoms with Gasteiger partial charge in [-0.1, -0.05) is 30.3 Å². The van der Waals surface area contributed by atoms with E-state index in [0.717, 1.165) is 33.3 Å². The Morgan fingerprint density at radius 2 is 1.72 bits per heavy atom. The summed E-state index contributed by atoms with van der Waals surface area (Å²) in [5, 5.41) is 2.70. The number of ketones is 1. The van der Waals surface area contributed by atoms with E-state index in [-0.39, 0.29) is 18.2 Å². The average Bonchev–Trinajstić information content (AvgIpc) is 3.24. The second kappa shape index (κ2) is 8.70. The molecule has 0 radical (unpaired) electrons. The summed E-state index contributed by atoms with van der Waals surface area (Å²) >= 11 is 0. The second-order valence-electron chi connectivity index (χ2n) is 7.86. The van der Waals surface area contributed by atoms with Crippen LogP contribution in [0.15, 0.2) is 60.7 Å². The van der Waals surface area contributed by atoms with Crippen LogP contribution in [0.2, 0.25) is 0 Å². The lowest BCUT2D eigenvalue weighted by Crippen LogP contribution is -2.36. The van der Waals surface area contributed by atoms with Gasteiger partial charge in [-0.2, -0.15) is 0 Å². The maximum atomic E-state index is 13.1. The molecule has 1 saturated heterocycles. The largest absolute Gasteiger partial charge is 0.497 e. The van der Waals surface area contributed by atoms with Crippen molar-refractivity contribution in [1.29, 1.82) is 0 Å². The highest BCUT2D eigenvalue weighted by Gasteiger charge is 2.39. The van der Waals surface area contributed by atoms with Gasteiger partial charge in [0.25, 0.3) is 5.91 Å². The number of amides is 3. The first-order chi connectivity index (χ1) is 15.4. The van der Waals surface area contributed by atoms with Gasteiger partial charge >= 0.3 is 6.03 Å². The Morgan fingerprint density at radius 1 is 1.03 bits per heavy atom. The standard InChI is InChI=1S/C25H25N3O4/c1-16-13-21(17(2)28(16)19-9-11-20(32-3)12-10-19)23(29)15-27-24(30)22(26-25(27)31)14-18-7-5-4-6-8-18/h4-13,22H,14-15H2,1-3H3,(H,26,31)/t22-/m0/s1. The number of Topliss-reactive ketones (excluding diaryl/α,β-unsaturated/α-hetero) is 1. The molecule has 1 N–H and O–H groups in total. The lowest BCUT2D eigenvalue weighted by Gasteiger charge is -2.13. The minimum absolute atomic E-state index is 0.276. The molecule has 1 aliphatic rings. The summed E-state index contributed by atoms with van der Waals surface area (Å²) in [7, 11) is 1.61. The van der Waals surface area contributed by atoms with Gasteiger partial charge < -0.3 is 14.6 Å². The van der Waals surface area contributed by atoms with Gasteiger partial charge in [-0.3, -0.25) is 14.5 Å². The Balaban J connectivity index is 1.51. The molecule has 3 aromatic rings. The third-order valence-corrected chi connectivity index (χ3v) is 5.75. The number of benzene rings is 2. The van der Waals surface area contributed by atoms with Crippen molar-refractivity contribution >= 4 is 17.7 Å². The van der Waals surface area contributed by atoms with Crippen molar-refractivity contribution in [3.63, 3.8) is 0 Å². The van der Waals surface area contributed by atoms with Gasteiger partial charge in [0.15, 0.2) is 5.78 Å². The number of carbonyl (C=O) groups excluding carboxylic acids is 3. The Kier molecular flexibility index (Phi) is 5.81. The molecule has 4 rings (SSSR count). The molecule has 32 heavy (non-hydrogen) atoms. The van der Waals surface area contributed by atoms with Crippen LogP contribution in [0.1, 0.15) is 27.3 Å². The van der Waals surface area contributed by atoms with Crippen LogP contribution in [0, 0.1) is 13.8 Å². The van der Waals surface area contributed by atoms with Gasteiger partial charge in [-0.15, -0.1) is 0 Å². The van der Waals surface area contributed by atoms with E-state index in [2.05, 4.69) is 5.32 Å². The van der Waals surface area contributed by atoms with Crippen molar-refractivity contribution in [3.8, 4) is 11.4 Å². The zero-order valence-electron chi connectivity index (χ0n) is 18.3. The fourth-order valence-corrected chi connectivity index (χ4v) is 4.12. The van der Waals surface area contributed by atoms with Crippen LogP contribution in [-0.4, -0.2) is 46.9 Å². The van der Waals surface area contributed by atoms with Crippen LogP contribution in [-0.2, 0) is 11.2 Å². The van der Waals surface area contributed by atoms with Gasteiger partial charge in [-0.25, -0.2) is 4.79 Å². The molecule has 0 unspecified atom stereocenters. The van der Waals surface area contributed by atoms with Crippen LogP contribution in [0.5, 0.6) is 5.75 Å². The lowest BCUT2D eigenvalue weighted by atomic mass is 10.1. The number of urea groups is 1. The number of imide groups is 1. The van der Waals surface area contributed by atoms with Crippen LogP contribution in [0.25, 0.3) is 5.69 Å². The third-order valence-electron chi connectivity index (χ3n) is 5.75. The van der Waals surface area contributed by atoms with E-state index in [1.54, 1.807) is 13.2 Å². The Morgan fingerprint density at radius 3 is 2.38 bits per heavy atom. The van der Waals surface area contributed by atoms with E-state index < -0.39 is 12.1 Å². The summed E-state index contributed by atoms with van der Waals surface area (Å²) in [6.45, 7) is 3.48. The number of rotatable bonds is 7. The highest BCUT2D eigenvalue weighted by molar-refractivity contribution is 6.09. The quantitative estimate of drug-likeness (QED) is 0.459. The highest BCUT2D eigenvalue weighted by Crippen LogP contribution is 2.24.